The summed E-state index contributed by atoms with van der Waals surface area (Å²) >= 11 is 1.08. The van der Waals surface area contributed by atoms with Crippen LogP contribution >= 0.6 is 11.3 Å². The second-order valence-corrected chi connectivity index (χ2v) is 8.46. The number of sulfonamides is 1. The summed E-state index contributed by atoms with van der Waals surface area (Å²) in [6, 6.07) is 17.0. The molecule has 0 aliphatic rings. The Hall–Kier alpha value is -2.84. The maximum absolute atomic E-state index is 13.0. The molecule has 0 aliphatic heterocycles. The van der Waals surface area contributed by atoms with Crippen molar-refractivity contribution >= 4 is 38.6 Å². The lowest BCUT2D eigenvalue weighted by Crippen LogP contribution is -2.28. The van der Waals surface area contributed by atoms with Crippen molar-refractivity contribution in [2.75, 3.05) is 23.8 Å². The first-order chi connectivity index (χ1) is 12.9. The average molecular weight is 402 g/mol. The van der Waals surface area contributed by atoms with Crippen LogP contribution in [0.3, 0.4) is 0 Å². The molecular formula is C19H18N2O4S2. The summed E-state index contributed by atoms with van der Waals surface area (Å²) < 4.78 is 32.3. The smallest absolute Gasteiger partial charge is 0.267 e. The Bertz CT molecular complexity index is 1030. The van der Waals surface area contributed by atoms with E-state index >= 15 is 0 Å². The van der Waals surface area contributed by atoms with Crippen molar-refractivity contribution in [2.45, 2.75) is 4.90 Å². The standard InChI is InChI=1S/C19H18N2O4S2/c1-21(15-8-10-16(25-2)11-9-15)27(23,24)17-12-13-26-18(17)19(22)20-14-6-4-3-5-7-14/h3-13H,1-2H3,(H,20,22). The molecule has 0 fully saturated rings. The van der Waals surface area contributed by atoms with E-state index in [1.165, 1.54) is 13.1 Å². The number of hydrogen-bond donors (Lipinski definition) is 1. The molecule has 2 aromatic carbocycles. The molecule has 0 saturated heterocycles. The molecule has 27 heavy (non-hydrogen) atoms. The molecule has 3 aromatic rings. The van der Waals surface area contributed by atoms with Crippen molar-refractivity contribution in [1.82, 2.24) is 0 Å². The van der Waals surface area contributed by atoms with Crippen molar-refractivity contribution in [3.63, 3.8) is 0 Å². The number of hydrogen-bond acceptors (Lipinski definition) is 5. The first kappa shape index (κ1) is 18.9. The summed E-state index contributed by atoms with van der Waals surface area (Å²) in [4.78, 5) is 12.7. The molecule has 140 valence electrons. The van der Waals surface area contributed by atoms with E-state index in [1.54, 1.807) is 61.0 Å². The maximum atomic E-state index is 13.0. The zero-order chi connectivity index (χ0) is 19.4. The molecule has 0 bridgehead atoms. The number of carbonyl (C=O) groups excluding carboxylic acids is 1. The van der Waals surface area contributed by atoms with Gasteiger partial charge in [0.05, 0.1) is 12.8 Å². The van der Waals surface area contributed by atoms with E-state index in [1.807, 2.05) is 6.07 Å². The van der Waals surface area contributed by atoms with Crippen molar-refractivity contribution in [2.24, 2.45) is 0 Å². The van der Waals surface area contributed by atoms with Crippen LogP contribution in [0.2, 0.25) is 0 Å². The number of methoxy groups -OCH3 is 1. The van der Waals surface area contributed by atoms with Gasteiger partial charge in [0.15, 0.2) is 0 Å². The quantitative estimate of drug-likeness (QED) is 0.680. The van der Waals surface area contributed by atoms with Gasteiger partial charge in [-0.25, -0.2) is 8.42 Å². The highest BCUT2D eigenvalue weighted by Crippen LogP contribution is 2.29. The Kier molecular flexibility index (Phi) is 5.48. The summed E-state index contributed by atoms with van der Waals surface area (Å²) in [5.74, 6) is 0.168. The summed E-state index contributed by atoms with van der Waals surface area (Å²) in [5.41, 5.74) is 1.07. The van der Waals surface area contributed by atoms with E-state index in [4.69, 9.17) is 4.74 Å². The van der Waals surface area contributed by atoms with E-state index in [2.05, 4.69) is 5.32 Å². The van der Waals surface area contributed by atoms with Crippen LogP contribution in [0.1, 0.15) is 9.67 Å². The molecule has 0 atom stereocenters. The van der Waals surface area contributed by atoms with Crippen LogP contribution < -0.4 is 14.4 Å². The Morgan fingerprint density at radius 2 is 1.70 bits per heavy atom. The Labute approximate surface area is 162 Å². The largest absolute Gasteiger partial charge is 0.497 e. The molecule has 3 rings (SSSR count). The van der Waals surface area contributed by atoms with Gasteiger partial charge >= 0.3 is 0 Å². The van der Waals surface area contributed by atoms with E-state index in [0.29, 0.717) is 17.1 Å². The summed E-state index contributed by atoms with van der Waals surface area (Å²) in [5, 5.41) is 4.31. The lowest BCUT2D eigenvalue weighted by molar-refractivity contribution is 0.102. The van der Waals surface area contributed by atoms with E-state index in [0.717, 1.165) is 15.6 Å². The van der Waals surface area contributed by atoms with Crippen LogP contribution in [0.4, 0.5) is 11.4 Å². The van der Waals surface area contributed by atoms with Gasteiger partial charge in [-0.3, -0.25) is 9.10 Å². The van der Waals surface area contributed by atoms with Crippen LogP contribution in [-0.2, 0) is 10.0 Å². The second-order valence-electron chi connectivity index (χ2n) is 5.60. The highest BCUT2D eigenvalue weighted by molar-refractivity contribution is 7.93. The predicted molar refractivity (Wildman–Crippen MR) is 107 cm³/mol. The highest BCUT2D eigenvalue weighted by Gasteiger charge is 2.28. The molecule has 1 aromatic heterocycles. The Morgan fingerprint density at radius 3 is 2.33 bits per heavy atom. The summed E-state index contributed by atoms with van der Waals surface area (Å²) in [6.45, 7) is 0. The zero-order valence-corrected chi connectivity index (χ0v) is 16.4. The third-order valence-corrected chi connectivity index (χ3v) is 6.81. The summed E-state index contributed by atoms with van der Waals surface area (Å²) in [7, 11) is -0.902. The van der Waals surface area contributed by atoms with Gasteiger partial charge in [0.25, 0.3) is 15.9 Å². The monoisotopic (exact) mass is 402 g/mol. The van der Waals surface area contributed by atoms with E-state index in [-0.39, 0.29) is 9.77 Å². The van der Waals surface area contributed by atoms with Crippen LogP contribution in [0.5, 0.6) is 5.75 Å². The van der Waals surface area contributed by atoms with E-state index in [9.17, 15) is 13.2 Å². The zero-order valence-electron chi connectivity index (χ0n) is 14.7. The first-order valence-electron chi connectivity index (χ1n) is 8.00. The highest BCUT2D eigenvalue weighted by atomic mass is 32.2. The molecule has 0 saturated carbocycles. The van der Waals surface area contributed by atoms with Gasteiger partial charge in [-0.05, 0) is 47.8 Å². The number of anilines is 2. The number of ether oxygens (including phenoxy) is 1. The van der Waals surface area contributed by atoms with Crippen LogP contribution in [0, 0.1) is 0 Å². The van der Waals surface area contributed by atoms with Crippen LogP contribution in [0.25, 0.3) is 0 Å². The molecule has 0 aliphatic carbocycles. The predicted octanol–water partition coefficient (Wildman–Crippen LogP) is 3.83. The molecule has 1 amide bonds. The number of nitrogens with one attached hydrogen (secondary N) is 1. The lowest BCUT2D eigenvalue weighted by atomic mass is 10.3. The third-order valence-electron chi connectivity index (χ3n) is 3.94. The van der Waals surface area contributed by atoms with Crippen molar-refractivity contribution in [1.29, 1.82) is 0 Å². The van der Waals surface area contributed by atoms with Gasteiger partial charge in [0.1, 0.15) is 15.5 Å². The maximum Gasteiger partial charge on any atom is 0.267 e. The molecule has 0 spiro atoms. The van der Waals surface area contributed by atoms with Gasteiger partial charge in [0.2, 0.25) is 0 Å². The molecule has 8 heteroatoms. The van der Waals surface area contributed by atoms with Crippen LogP contribution in [-0.4, -0.2) is 28.5 Å². The van der Waals surface area contributed by atoms with Gasteiger partial charge in [-0.1, -0.05) is 18.2 Å². The Morgan fingerprint density at radius 1 is 1.04 bits per heavy atom. The number of nitrogens with zero attached hydrogens (tertiary/aromatic N) is 1. The van der Waals surface area contributed by atoms with Gasteiger partial charge in [-0.2, -0.15) is 0 Å². The minimum Gasteiger partial charge on any atom is -0.497 e. The number of rotatable bonds is 6. The van der Waals surface area contributed by atoms with Gasteiger partial charge in [0, 0.05) is 12.7 Å². The number of benzene rings is 2. The number of thiophene rings is 1. The fourth-order valence-electron chi connectivity index (χ4n) is 2.45. The van der Waals surface area contributed by atoms with E-state index < -0.39 is 15.9 Å². The van der Waals surface area contributed by atoms with Crippen molar-refractivity contribution in [3.8, 4) is 5.75 Å². The lowest BCUT2D eigenvalue weighted by Gasteiger charge is -2.20. The fourth-order valence-corrected chi connectivity index (χ4v) is 4.94. The van der Waals surface area contributed by atoms with Gasteiger partial charge in [-0.15, -0.1) is 11.3 Å². The second kappa shape index (κ2) is 7.81. The molecular weight excluding hydrogens is 384 g/mol. The SMILES string of the molecule is COc1ccc(N(C)S(=O)(=O)c2ccsc2C(=O)Nc2ccccc2)cc1. The third kappa shape index (κ3) is 3.96. The van der Waals surface area contributed by atoms with Crippen molar-refractivity contribution < 1.29 is 17.9 Å². The molecule has 0 radical (unpaired) electrons. The Balaban J connectivity index is 1.89. The molecule has 1 heterocycles. The molecule has 0 unspecified atom stereocenters. The topological polar surface area (TPSA) is 75.7 Å². The molecule has 1 N–H and O–H groups in total. The fraction of sp³-hybridized carbons (Fsp3) is 0.105. The minimum atomic E-state index is -3.89. The normalized spacial score (nSPS) is 11.0. The van der Waals surface area contributed by atoms with Crippen molar-refractivity contribution in [3.05, 3.63) is 70.9 Å². The summed E-state index contributed by atoms with van der Waals surface area (Å²) in [6.07, 6.45) is 0. The number of carbonyl (C=O) groups is 1. The van der Waals surface area contributed by atoms with Gasteiger partial charge < -0.3 is 10.1 Å². The number of amides is 1. The van der Waals surface area contributed by atoms with Crippen LogP contribution in [0.15, 0.2) is 70.9 Å². The molecule has 6 nitrogen and oxygen atoms in total. The average Bonchev–Trinajstić information content (AvgIpc) is 3.19. The number of para-hydroxylation sites is 1. The minimum absolute atomic E-state index is 0.0285. The first-order valence-corrected chi connectivity index (χ1v) is 10.3.